The van der Waals surface area contributed by atoms with Crippen molar-refractivity contribution >= 4 is 33.4 Å². The number of H-pyrrole nitrogens is 1. The van der Waals surface area contributed by atoms with E-state index in [1.54, 1.807) is 13.8 Å². The Labute approximate surface area is 142 Å². The van der Waals surface area contributed by atoms with Gasteiger partial charge in [-0.3, -0.25) is 9.59 Å². The molecule has 0 bridgehead atoms. The number of aromatic nitrogens is 2. The summed E-state index contributed by atoms with van der Waals surface area (Å²) < 4.78 is 0. The zero-order valence-electron chi connectivity index (χ0n) is 14.0. The molecule has 24 heavy (non-hydrogen) atoms. The second kappa shape index (κ2) is 7.10. The molecule has 2 heterocycles. The van der Waals surface area contributed by atoms with Gasteiger partial charge >= 0.3 is 5.97 Å². The van der Waals surface area contributed by atoms with Crippen LogP contribution in [0.1, 0.15) is 34.4 Å². The highest BCUT2D eigenvalue weighted by atomic mass is 32.1. The maximum absolute atomic E-state index is 12.4. The van der Waals surface area contributed by atoms with Crippen molar-refractivity contribution in [1.29, 1.82) is 0 Å². The first-order valence-electron chi connectivity index (χ1n) is 7.45. The molecular weight excluding hydrogens is 332 g/mol. The van der Waals surface area contributed by atoms with Crippen LogP contribution in [0, 0.1) is 6.92 Å². The Hall–Kier alpha value is -2.26. The van der Waals surface area contributed by atoms with Gasteiger partial charge in [-0.25, -0.2) is 9.78 Å². The van der Waals surface area contributed by atoms with Crippen LogP contribution in [0.4, 0.5) is 0 Å². The minimum Gasteiger partial charge on any atom is -0.480 e. The van der Waals surface area contributed by atoms with Crippen LogP contribution in [0.25, 0.3) is 10.2 Å². The van der Waals surface area contributed by atoms with Crippen LogP contribution in [0.5, 0.6) is 0 Å². The van der Waals surface area contributed by atoms with Crippen LogP contribution in [-0.2, 0) is 11.3 Å². The van der Waals surface area contributed by atoms with E-state index >= 15 is 0 Å². The van der Waals surface area contributed by atoms with Crippen LogP contribution in [0.15, 0.2) is 4.79 Å². The molecule has 8 nitrogen and oxygen atoms in total. The molecule has 0 aliphatic heterocycles. The number of aromatic amines is 1. The number of fused-ring (bicyclic) bond motifs is 1. The second-order valence-electron chi connectivity index (χ2n) is 5.76. The topological polar surface area (TPSA) is 115 Å². The predicted octanol–water partition coefficient (Wildman–Crippen LogP) is 0.948. The predicted molar refractivity (Wildman–Crippen MR) is 91.5 cm³/mol. The van der Waals surface area contributed by atoms with Gasteiger partial charge in [-0.15, -0.1) is 11.3 Å². The highest BCUT2D eigenvalue weighted by Gasteiger charge is 2.23. The highest BCUT2D eigenvalue weighted by Crippen LogP contribution is 2.27. The standard InChI is InChI=1S/C15H20N4O4S/c1-5-8(15(22)23)16-13(21)11-7(2)10-12(20)17-9(6-19(3)4)18-14(10)24-11/h8H,5-6H2,1-4H3,(H,16,21)(H,22,23)(H,17,18,20). The van der Waals surface area contributed by atoms with Gasteiger partial charge in [0.05, 0.1) is 16.8 Å². The molecule has 9 heteroatoms. The van der Waals surface area contributed by atoms with Gasteiger partial charge in [0.15, 0.2) is 0 Å². The molecule has 2 aromatic rings. The van der Waals surface area contributed by atoms with Crippen molar-refractivity contribution in [3.05, 3.63) is 26.6 Å². The maximum Gasteiger partial charge on any atom is 0.326 e. The second-order valence-corrected chi connectivity index (χ2v) is 6.76. The molecule has 130 valence electrons. The first-order chi connectivity index (χ1) is 11.2. The number of aliphatic carboxylic acids is 1. The van der Waals surface area contributed by atoms with Crippen molar-refractivity contribution in [3.63, 3.8) is 0 Å². The van der Waals surface area contributed by atoms with Crippen LogP contribution in [-0.4, -0.2) is 52.0 Å². The Balaban J connectivity index is 2.43. The number of carbonyl (C=O) groups excluding carboxylic acids is 1. The summed E-state index contributed by atoms with van der Waals surface area (Å²) in [5.74, 6) is -1.07. The Morgan fingerprint density at radius 2 is 2.08 bits per heavy atom. The molecule has 1 amide bonds. The van der Waals surface area contributed by atoms with E-state index < -0.39 is 17.9 Å². The fourth-order valence-corrected chi connectivity index (χ4v) is 3.45. The molecule has 0 spiro atoms. The van der Waals surface area contributed by atoms with Gasteiger partial charge in [0.2, 0.25) is 0 Å². The smallest absolute Gasteiger partial charge is 0.326 e. The Morgan fingerprint density at radius 1 is 1.42 bits per heavy atom. The molecule has 0 radical (unpaired) electrons. The van der Waals surface area contributed by atoms with E-state index in [0.717, 1.165) is 11.3 Å². The van der Waals surface area contributed by atoms with Crippen molar-refractivity contribution in [2.75, 3.05) is 14.1 Å². The summed E-state index contributed by atoms with van der Waals surface area (Å²) >= 11 is 1.10. The number of amides is 1. The van der Waals surface area contributed by atoms with Gasteiger partial charge in [0.1, 0.15) is 16.7 Å². The third-order valence-corrected chi connectivity index (χ3v) is 4.72. The summed E-state index contributed by atoms with van der Waals surface area (Å²) in [6, 6.07) is -0.961. The van der Waals surface area contributed by atoms with Crippen LogP contribution >= 0.6 is 11.3 Å². The van der Waals surface area contributed by atoms with E-state index in [4.69, 9.17) is 5.11 Å². The quantitative estimate of drug-likeness (QED) is 0.713. The SMILES string of the molecule is CCC(NC(=O)c1sc2nc(CN(C)C)[nH]c(=O)c2c1C)C(=O)O. The number of nitrogens with one attached hydrogen (secondary N) is 2. The summed E-state index contributed by atoms with van der Waals surface area (Å²) in [5.41, 5.74) is 0.216. The van der Waals surface area contributed by atoms with E-state index in [2.05, 4.69) is 15.3 Å². The molecule has 2 rings (SSSR count). The van der Waals surface area contributed by atoms with Crippen molar-refractivity contribution in [3.8, 4) is 0 Å². The summed E-state index contributed by atoms with van der Waals surface area (Å²) in [5, 5.41) is 11.9. The Morgan fingerprint density at radius 3 is 2.62 bits per heavy atom. The van der Waals surface area contributed by atoms with Gasteiger partial charge in [-0.2, -0.15) is 0 Å². The number of aryl methyl sites for hydroxylation is 1. The zero-order valence-corrected chi connectivity index (χ0v) is 14.8. The number of rotatable bonds is 6. The number of hydrogen-bond acceptors (Lipinski definition) is 6. The lowest BCUT2D eigenvalue weighted by Crippen LogP contribution is -2.40. The average Bonchev–Trinajstić information content (AvgIpc) is 2.80. The van der Waals surface area contributed by atoms with E-state index in [-0.39, 0.29) is 12.0 Å². The van der Waals surface area contributed by atoms with Crippen molar-refractivity contribution in [2.45, 2.75) is 32.9 Å². The molecular formula is C15H20N4O4S. The molecule has 0 saturated carbocycles. The first-order valence-corrected chi connectivity index (χ1v) is 8.26. The fourth-order valence-electron chi connectivity index (χ4n) is 2.34. The summed E-state index contributed by atoms with van der Waals surface area (Å²) in [7, 11) is 3.72. The Kier molecular flexibility index (Phi) is 5.35. The third-order valence-electron chi connectivity index (χ3n) is 3.53. The lowest BCUT2D eigenvalue weighted by atomic mass is 10.2. The van der Waals surface area contributed by atoms with E-state index in [9.17, 15) is 14.4 Å². The number of carbonyl (C=O) groups is 2. The minimum absolute atomic E-state index is 0.275. The number of carboxylic acids is 1. The van der Waals surface area contributed by atoms with Crippen molar-refractivity contribution in [1.82, 2.24) is 20.2 Å². The molecule has 1 atom stereocenters. The monoisotopic (exact) mass is 352 g/mol. The molecule has 2 aromatic heterocycles. The lowest BCUT2D eigenvalue weighted by molar-refractivity contribution is -0.139. The van der Waals surface area contributed by atoms with Gasteiger partial charge in [-0.1, -0.05) is 6.92 Å². The summed E-state index contributed by atoms with van der Waals surface area (Å²) in [4.78, 5) is 45.5. The minimum atomic E-state index is -1.09. The van der Waals surface area contributed by atoms with Crippen molar-refractivity contribution < 1.29 is 14.7 Å². The number of nitrogens with zero attached hydrogens (tertiary/aromatic N) is 2. The van der Waals surface area contributed by atoms with E-state index in [1.165, 1.54) is 0 Å². The molecule has 1 unspecified atom stereocenters. The number of thiophene rings is 1. The number of carboxylic acid groups (broad SMARTS) is 1. The zero-order chi connectivity index (χ0) is 18.0. The Bertz CT molecular complexity index is 840. The molecule has 0 saturated heterocycles. The number of hydrogen-bond donors (Lipinski definition) is 3. The van der Waals surface area contributed by atoms with Gasteiger partial charge in [0.25, 0.3) is 11.5 Å². The van der Waals surface area contributed by atoms with Gasteiger partial charge in [0, 0.05) is 0 Å². The fraction of sp³-hybridized carbons (Fsp3) is 0.467. The van der Waals surface area contributed by atoms with Crippen LogP contribution in [0.3, 0.4) is 0 Å². The van der Waals surface area contributed by atoms with Crippen LogP contribution < -0.4 is 10.9 Å². The van der Waals surface area contributed by atoms with Gasteiger partial charge < -0.3 is 20.3 Å². The lowest BCUT2D eigenvalue weighted by Gasteiger charge is -2.11. The largest absolute Gasteiger partial charge is 0.480 e. The van der Waals surface area contributed by atoms with Crippen LogP contribution in [0.2, 0.25) is 0 Å². The third kappa shape index (κ3) is 3.62. The maximum atomic E-state index is 12.4. The first kappa shape index (κ1) is 18.1. The summed E-state index contributed by atoms with van der Waals surface area (Å²) in [6.07, 6.45) is 0.275. The molecule has 0 aliphatic rings. The highest BCUT2D eigenvalue weighted by molar-refractivity contribution is 7.20. The molecule has 3 N–H and O–H groups in total. The van der Waals surface area contributed by atoms with E-state index in [1.807, 2.05) is 19.0 Å². The normalized spacial score (nSPS) is 12.5. The average molecular weight is 352 g/mol. The van der Waals surface area contributed by atoms with Crippen molar-refractivity contribution in [2.24, 2.45) is 0 Å². The molecule has 0 fully saturated rings. The summed E-state index contributed by atoms with van der Waals surface area (Å²) in [6.45, 7) is 3.81. The van der Waals surface area contributed by atoms with E-state index in [0.29, 0.717) is 33.0 Å². The molecule has 0 aliphatic carbocycles. The van der Waals surface area contributed by atoms with Gasteiger partial charge in [-0.05, 0) is 33.0 Å². The molecule has 0 aromatic carbocycles.